The number of hydrogen-bond acceptors (Lipinski definition) is 1. The van der Waals surface area contributed by atoms with Gasteiger partial charge >= 0.3 is 0 Å². The molecule has 2 rings (SSSR count). The average Bonchev–Trinajstić information content (AvgIpc) is 2.58. The summed E-state index contributed by atoms with van der Waals surface area (Å²) in [5, 5.41) is 0. The minimum Gasteiger partial charge on any atom is -0.369 e. The maximum Gasteiger partial charge on any atom is 0.0941 e. The average molecular weight is 140 g/mol. The van der Waals surface area contributed by atoms with E-state index in [2.05, 4.69) is 6.92 Å². The van der Waals surface area contributed by atoms with E-state index in [0.29, 0.717) is 5.60 Å². The Morgan fingerprint density at radius 2 is 2.00 bits per heavy atom. The van der Waals surface area contributed by atoms with Crippen molar-refractivity contribution < 1.29 is 4.74 Å². The third-order valence-corrected chi connectivity index (χ3v) is 3.21. The monoisotopic (exact) mass is 140 g/mol. The Bertz CT molecular complexity index is 121. The lowest BCUT2D eigenvalue weighted by Crippen LogP contribution is -2.20. The van der Waals surface area contributed by atoms with Crippen molar-refractivity contribution in [2.45, 2.75) is 44.6 Å². The van der Waals surface area contributed by atoms with E-state index in [9.17, 15) is 0 Å². The molecule has 1 atom stereocenters. The van der Waals surface area contributed by atoms with Gasteiger partial charge in [0.15, 0.2) is 0 Å². The van der Waals surface area contributed by atoms with Crippen molar-refractivity contribution in [2.24, 2.45) is 5.92 Å². The molecule has 1 nitrogen and oxygen atoms in total. The molecule has 1 heteroatoms. The van der Waals surface area contributed by atoms with Gasteiger partial charge < -0.3 is 4.74 Å². The van der Waals surface area contributed by atoms with Gasteiger partial charge in [0.25, 0.3) is 0 Å². The predicted molar refractivity (Wildman–Crippen MR) is 40.9 cm³/mol. The van der Waals surface area contributed by atoms with Crippen LogP contribution in [0.3, 0.4) is 0 Å². The first-order valence-corrected chi connectivity index (χ1v) is 4.51. The van der Waals surface area contributed by atoms with Crippen LogP contribution in [0.1, 0.15) is 39.0 Å². The number of epoxide rings is 1. The summed E-state index contributed by atoms with van der Waals surface area (Å²) in [7, 11) is 0. The highest BCUT2D eigenvalue weighted by Gasteiger charge is 2.50. The molecule has 0 spiro atoms. The van der Waals surface area contributed by atoms with E-state index in [-0.39, 0.29) is 0 Å². The normalized spacial score (nSPS) is 40.5. The molecule has 1 heterocycles. The molecule has 2 fully saturated rings. The fourth-order valence-electron chi connectivity index (χ4n) is 2.27. The SMILES string of the molecule is CCC1(C2CCCC2)CO1. The zero-order valence-corrected chi connectivity index (χ0v) is 6.73. The lowest BCUT2D eigenvalue weighted by Gasteiger charge is -2.16. The summed E-state index contributed by atoms with van der Waals surface area (Å²) in [6.45, 7) is 3.31. The summed E-state index contributed by atoms with van der Waals surface area (Å²) in [6.07, 6.45) is 6.96. The van der Waals surface area contributed by atoms with Crippen LogP contribution in [0.4, 0.5) is 0 Å². The Morgan fingerprint density at radius 1 is 1.40 bits per heavy atom. The molecule has 1 aliphatic heterocycles. The molecule has 0 radical (unpaired) electrons. The molecule has 10 heavy (non-hydrogen) atoms. The van der Waals surface area contributed by atoms with Gasteiger partial charge in [-0.2, -0.15) is 0 Å². The molecule has 2 aliphatic rings. The van der Waals surface area contributed by atoms with Crippen molar-refractivity contribution in [2.75, 3.05) is 6.61 Å². The standard InChI is InChI=1S/C9H16O/c1-2-9(7-10-9)8-5-3-4-6-8/h8H,2-7H2,1H3. The maximum absolute atomic E-state index is 5.53. The Labute approximate surface area is 62.8 Å². The van der Waals surface area contributed by atoms with Crippen LogP contribution in [0.15, 0.2) is 0 Å². The van der Waals surface area contributed by atoms with Gasteiger partial charge in [0.1, 0.15) is 0 Å². The second-order valence-electron chi connectivity index (χ2n) is 3.69. The third-order valence-electron chi connectivity index (χ3n) is 3.21. The summed E-state index contributed by atoms with van der Waals surface area (Å²) in [4.78, 5) is 0. The Balaban J connectivity index is 1.96. The zero-order valence-electron chi connectivity index (χ0n) is 6.73. The summed E-state index contributed by atoms with van der Waals surface area (Å²) >= 11 is 0. The van der Waals surface area contributed by atoms with Gasteiger partial charge in [0.2, 0.25) is 0 Å². The summed E-state index contributed by atoms with van der Waals surface area (Å²) in [5.41, 5.74) is 0.372. The van der Waals surface area contributed by atoms with Crippen LogP contribution in [0, 0.1) is 5.92 Å². The lowest BCUT2D eigenvalue weighted by molar-refractivity contribution is 0.212. The first-order chi connectivity index (χ1) is 4.87. The first kappa shape index (κ1) is 6.66. The van der Waals surface area contributed by atoms with E-state index in [0.717, 1.165) is 12.5 Å². The molecule has 58 valence electrons. The van der Waals surface area contributed by atoms with Gasteiger partial charge in [0, 0.05) is 0 Å². The molecule has 1 aliphatic carbocycles. The van der Waals surface area contributed by atoms with Crippen LogP contribution < -0.4 is 0 Å². The predicted octanol–water partition coefficient (Wildman–Crippen LogP) is 2.36. The minimum atomic E-state index is 0.372. The number of rotatable bonds is 2. The van der Waals surface area contributed by atoms with Crippen LogP contribution in [0.25, 0.3) is 0 Å². The summed E-state index contributed by atoms with van der Waals surface area (Å²) in [6, 6.07) is 0. The van der Waals surface area contributed by atoms with E-state index in [1.54, 1.807) is 0 Å². The van der Waals surface area contributed by atoms with E-state index in [1.807, 2.05) is 0 Å². The van der Waals surface area contributed by atoms with E-state index >= 15 is 0 Å². The molecular weight excluding hydrogens is 124 g/mol. The van der Waals surface area contributed by atoms with Gasteiger partial charge in [-0.3, -0.25) is 0 Å². The van der Waals surface area contributed by atoms with E-state index < -0.39 is 0 Å². The minimum absolute atomic E-state index is 0.372. The second-order valence-corrected chi connectivity index (χ2v) is 3.69. The fraction of sp³-hybridized carbons (Fsp3) is 1.00. The third kappa shape index (κ3) is 0.878. The molecule has 0 aromatic heterocycles. The largest absolute Gasteiger partial charge is 0.369 e. The van der Waals surface area contributed by atoms with Crippen molar-refractivity contribution in [3.8, 4) is 0 Å². The molecule has 0 amide bonds. The molecule has 0 bridgehead atoms. The van der Waals surface area contributed by atoms with Gasteiger partial charge in [0.05, 0.1) is 12.2 Å². The molecule has 1 saturated heterocycles. The Hall–Kier alpha value is -0.0400. The van der Waals surface area contributed by atoms with E-state index in [4.69, 9.17) is 4.74 Å². The maximum atomic E-state index is 5.53. The molecule has 1 saturated carbocycles. The summed E-state index contributed by atoms with van der Waals surface area (Å²) < 4.78 is 5.53. The van der Waals surface area contributed by atoms with Crippen LogP contribution in [-0.4, -0.2) is 12.2 Å². The van der Waals surface area contributed by atoms with Crippen LogP contribution in [0.2, 0.25) is 0 Å². The number of ether oxygens (including phenoxy) is 1. The molecule has 0 aromatic carbocycles. The van der Waals surface area contributed by atoms with Crippen molar-refractivity contribution in [1.82, 2.24) is 0 Å². The van der Waals surface area contributed by atoms with Crippen molar-refractivity contribution in [3.63, 3.8) is 0 Å². The smallest absolute Gasteiger partial charge is 0.0941 e. The van der Waals surface area contributed by atoms with Gasteiger partial charge in [-0.05, 0) is 25.2 Å². The molecular formula is C9H16O. The van der Waals surface area contributed by atoms with Crippen LogP contribution >= 0.6 is 0 Å². The highest BCUT2D eigenvalue weighted by atomic mass is 16.6. The highest BCUT2D eigenvalue weighted by Crippen LogP contribution is 2.46. The summed E-state index contributed by atoms with van der Waals surface area (Å²) in [5.74, 6) is 0.914. The molecule has 0 aromatic rings. The zero-order chi connectivity index (χ0) is 7.03. The van der Waals surface area contributed by atoms with Crippen LogP contribution in [-0.2, 0) is 4.74 Å². The topological polar surface area (TPSA) is 12.5 Å². The van der Waals surface area contributed by atoms with E-state index in [1.165, 1.54) is 32.1 Å². The van der Waals surface area contributed by atoms with Crippen molar-refractivity contribution >= 4 is 0 Å². The van der Waals surface area contributed by atoms with Crippen LogP contribution in [0.5, 0.6) is 0 Å². The highest BCUT2D eigenvalue weighted by molar-refractivity contribution is 4.98. The fourth-order valence-corrected chi connectivity index (χ4v) is 2.27. The molecule has 1 unspecified atom stereocenters. The quantitative estimate of drug-likeness (QED) is 0.536. The van der Waals surface area contributed by atoms with Crippen molar-refractivity contribution in [3.05, 3.63) is 0 Å². The Morgan fingerprint density at radius 3 is 2.40 bits per heavy atom. The van der Waals surface area contributed by atoms with Gasteiger partial charge in [-0.1, -0.05) is 19.8 Å². The van der Waals surface area contributed by atoms with Gasteiger partial charge in [-0.15, -0.1) is 0 Å². The lowest BCUT2D eigenvalue weighted by atomic mass is 9.89. The first-order valence-electron chi connectivity index (χ1n) is 4.51. The van der Waals surface area contributed by atoms with Crippen molar-refractivity contribution in [1.29, 1.82) is 0 Å². The second kappa shape index (κ2) is 2.23. The molecule has 0 N–H and O–H groups in total. The van der Waals surface area contributed by atoms with Gasteiger partial charge in [-0.25, -0.2) is 0 Å². The Kier molecular flexibility index (Phi) is 1.48. The number of hydrogen-bond donors (Lipinski definition) is 0.